The molecule has 0 aliphatic heterocycles. The lowest BCUT2D eigenvalue weighted by Gasteiger charge is -2.26. The van der Waals surface area contributed by atoms with Crippen molar-refractivity contribution in [1.29, 1.82) is 0 Å². The van der Waals surface area contributed by atoms with Crippen LogP contribution in [0.5, 0.6) is 0 Å². The molecule has 0 fully saturated rings. The highest BCUT2D eigenvalue weighted by molar-refractivity contribution is 6.30. The van der Waals surface area contributed by atoms with Gasteiger partial charge in [0.2, 0.25) is 0 Å². The van der Waals surface area contributed by atoms with Crippen LogP contribution in [0.2, 0.25) is 5.02 Å². The Labute approximate surface area is 113 Å². The van der Waals surface area contributed by atoms with E-state index in [-0.39, 0.29) is 5.92 Å². The summed E-state index contributed by atoms with van der Waals surface area (Å²) in [7, 11) is 0. The zero-order chi connectivity index (χ0) is 13.5. The second-order valence-corrected chi connectivity index (χ2v) is 4.95. The molecule has 0 aliphatic rings. The maximum Gasteiger partial charge on any atom is 0.308 e. The molecule has 0 heterocycles. The summed E-state index contributed by atoms with van der Waals surface area (Å²) < 4.78 is 0. The van der Waals surface area contributed by atoms with E-state index in [1.807, 2.05) is 24.3 Å². The third kappa shape index (κ3) is 4.57. The number of hydrogen-bond donors (Lipinski definition) is 1. The van der Waals surface area contributed by atoms with Crippen LogP contribution < -0.4 is 4.90 Å². The van der Waals surface area contributed by atoms with Crippen molar-refractivity contribution in [2.45, 2.75) is 26.7 Å². The maximum absolute atomic E-state index is 10.9. The van der Waals surface area contributed by atoms with Gasteiger partial charge in [-0.15, -0.1) is 0 Å². The van der Waals surface area contributed by atoms with Crippen LogP contribution in [-0.2, 0) is 4.79 Å². The third-order valence-corrected chi connectivity index (χ3v) is 3.14. The number of nitrogens with zero attached hydrogens (tertiary/aromatic N) is 1. The Kier molecular flexibility index (Phi) is 5.99. The molecule has 1 unspecified atom stereocenters. The molecule has 0 aromatic heterocycles. The SMILES string of the molecule is CCCCN(CC(C)C(=O)O)c1ccc(Cl)cc1. The number of unbranched alkanes of at least 4 members (excludes halogenated alkanes) is 1. The van der Waals surface area contributed by atoms with Crippen LogP contribution in [0.1, 0.15) is 26.7 Å². The van der Waals surface area contributed by atoms with Gasteiger partial charge in [0.05, 0.1) is 5.92 Å². The zero-order valence-corrected chi connectivity index (χ0v) is 11.7. The van der Waals surface area contributed by atoms with Crippen LogP contribution in [-0.4, -0.2) is 24.2 Å². The summed E-state index contributed by atoms with van der Waals surface area (Å²) in [5.74, 6) is -1.14. The van der Waals surface area contributed by atoms with Gasteiger partial charge in [0.15, 0.2) is 0 Å². The van der Waals surface area contributed by atoms with Crippen LogP contribution in [0, 0.1) is 5.92 Å². The molecule has 1 atom stereocenters. The second-order valence-electron chi connectivity index (χ2n) is 4.52. The molecule has 0 bridgehead atoms. The van der Waals surface area contributed by atoms with Gasteiger partial charge in [-0.05, 0) is 30.7 Å². The molecule has 3 nitrogen and oxygen atoms in total. The van der Waals surface area contributed by atoms with Crippen molar-refractivity contribution in [1.82, 2.24) is 0 Å². The number of carboxylic acids is 1. The number of carbonyl (C=O) groups is 1. The van der Waals surface area contributed by atoms with E-state index in [1.54, 1.807) is 6.92 Å². The lowest BCUT2D eigenvalue weighted by Crippen LogP contribution is -2.32. The predicted molar refractivity (Wildman–Crippen MR) is 75.4 cm³/mol. The molecular formula is C14H20ClNO2. The lowest BCUT2D eigenvalue weighted by molar-refractivity contribution is -0.140. The Morgan fingerprint density at radius 2 is 2.00 bits per heavy atom. The summed E-state index contributed by atoms with van der Waals surface area (Å²) in [6, 6.07) is 7.54. The number of carboxylic acid groups (broad SMARTS) is 1. The van der Waals surface area contributed by atoms with Crippen LogP contribution in [0.3, 0.4) is 0 Å². The fraction of sp³-hybridized carbons (Fsp3) is 0.500. The molecule has 0 saturated heterocycles. The number of rotatable bonds is 7. The topological polar surface area (TPSA) is 40.5 Å². The quantitative estimate of drug-likeness (QED) is 0.821. The number of aliphatic carboxylic acids is 1. The molecule has 18 heavy (non-hydrogen) atoms. The van der Waals surface area contributed by atoms with Gasteiger partial charge in [0.1, 0.15) is 0 Å². The summed E-state index contributed by atoms with van der Waals surface area (Å²) in [5.41, 5.74) is 1.03. The molecule has 1 rings (SSSR count). The van der Waals surface area contributed by atoms with Gasteiger partial charge in [-0.3, -0.25) is 4.79 Å². The number of halogens is 1. The normalized spacial score (nSPS) is 12.2. The fourth-order valence-electron chi connectivity index (χ4n) is 1.74. The Balaban J connectivity index is 2.76. The number of hydrogen-bond acceptors (Lipinski definition) is 2. The number of benzene rings is 1. The van der Waals surface area contributed by atoms with Crippen LogP contribution >= 0.6 is 11.6 Å². The van der Waals surface area contributed by atoms with E-state index in [0.29, 0.717) is 11.6 Å². The summed E-state index contributed by atoms with van der Waals surface area (Å²) in [4.78, 5) is 13.1. The smallest absolute Gasteiger partial charge is 0.308 e. The van der Waals surface area contributed by atoms with Crippen molar-refractivity contribution < 1.29 is 9.90 Å². The Morgan fingerprint density at radius 1 is 1.39 bits per heavy atom. The molecule has 0 radical (unpaired) electrons. The minimum atomic E-state index is -0.759. The summed E-state index contributed by atoms with van der Waals surface area (Å²) in [6.07, 6.45) is 2.14. The first-order chi connectivity index (χ1) is 8.54. The largest absolute Gasteiger partial charge is 0.481 e. The van der Waals surface area contributed by atoms with Crippen LogP contribution in [0.4, 0.5) is 5.69 Å². The second kappa shape index (κ2) is 7.27. The monoisotopic (exact) mass is 269 g/mol. The van der Waals surface area contributed by atoms with Gasteiger partial charge in [0.25, 0.3) is 0 Å². The lowest BCUT2D eigenvalue weighted by atomic mass is 10.1. The van der Waals surface area contributed by atoms with Gasteiger partial charge < -0.3 is 10.0 Å². The first-order valence-corrected chi connectivity index (χ1v) is 6.65. The highest BCUT2D eigenvalue weighted by atomic mass is 35.5. The molecule has 100 valence electrons. The Hall–Kier alpha value is -1.22. The van der Waals surface area contributed by atoms with Crippen molar-refractivity contribution in [3.63, 3.8) is 0 Å². The average molecular weight is 270 g/mol. The van der Waals surface area contributed by atoms with Crippen LogP contribution in [0.15, 0.2) is 24.3 Å². The van der Waals surface area contributed by atoms with Crippen molar-refractivity contribution in [2.24, 2.45) is 5.92 Å². The van der Waals surface area contributed by atoms with E-state index >= 15 is 0 Å². The van der Waals surface area contributed by atoms with E-state index in [0.717, 1.165) is 25.1 Å². The molecule has 0 aliphatic carbocycles. The summed E-state index contributed by atoms with van der Waals surface area (Å²) >= 11 is 5.86. The Morgan fingerprint density at radius 3 is 2.50 bits per heavy atom. The van der Waals surface area contributed by atoms with Gasteiger partial charge in [-0.1, -0.05) is 31.9 Å². The van der Waals surface area contributed by atoms with Crippen molar-refractivity contribution in [3.05, 3.63) is 29.3 Å². The molecule has 0 saturated carbocycles. The van der Waals surface area contributed by atoms with E-state index < -0.39 is 5.97 Å². The van der Waals surface area contributed by atoms with Gasteiger partial charge >= 0.3 is 5.97 Å². The average Bonchev–Trinajstić information content (AvgIpc) is 2.35. The highest BCUT2D eigenvalue weighted by Crippen LogP contribution is 2.19. The molecule has 1 aromatic rings. The Bertz CT molecular complexity index is 378. The zero-order valence-electron chi connectivity index (χ0n) is 10.9. The molecule has 0 spiro atoms. The van der Waals surface area contributed by atoms with E-state index in [1.165, 1.54) is 0 Å². The highest BCUT2D eigenvalue weighted by Gasteiger charge is 2.16. The van der Waals surface area contributed by atoms with Crippen LogP contribution in [0.25, 0.3) is 0 Å². The van der Waals surface area contributed by atoms with Gasteiger partial charge in [0, 0.05) is 23.8 Å². The predicted octanol–water partition coefficient (Wildman–Crippen LogP) is 3.67. The fourth-order valence-corrected chi connectivity index (χ4v) is 1.86. The molecule has 0 amide bonds. The third-order valence-electron chi connectivity index (χ3n) is 2.89. The van der Waals surface area contributed by atoms with Crippen molar-refractivity contribution >= 4 is 23.3 Å². The van der Waals surface area contributed by atoms with Crippen molar-refractivity contribution in [3.8, 4) is 0 Å². The summed E-state index contributed by atoms with van der Waals surface area (Å²) in [5, 5.41) is 9.69. The van der Waals surface area contributed by atoms with E-state index in [9.17, 15) is 4.79 Å². The van der Waals surface area contributed by atoms with Crippen molar-refractivity contribution in [2.75, 3.05) is 18.0 Å². The maximum atomic E-state index is 10.9. The molecular weight excluding hydrogens is 250 g/mol. The minimum absolute atomic E-state index is 0.377. The standard InChI is InChI=1S/C14H20ClNO2/c1-3-4-9-16(10-11(2)14(17)18)13-7-5-12(15)6-8-13/h5-8,11H,3-4,9-10H2,1-2H3,(H,17,18). The summed E-state index contributed by atoms with van der Waals surface area (Å²) in [6.45, 7) is 5.25. The molecule has 4 heteroatoms. The van der Waals surface area contributed by atoms with E-state index in [4.69, 9.17) is 16.7 Å². The van der Waals surface area contributed by atoms with E-state index in [2.05, 4.69) is 11.8 Å². The molecule has 1 N–H and O–H groups in total. The van der Waals surface area contributed by atoms with Gasteiger partial charge in [-0.2, -0.15) is 0 Å². The first kappa shape index (κ1) is 14.8. The number of anilines is 1. The first-order valence-electron chi connectivity index (χ1n) is 6.28. The molecule has 1 aromatic carbocycles. The van der Waals surface area contributed by atoms with Gasteiger partial charge in [-0.25, -0.2) is 0 Å². The minimum Gasteiger partial charge on any atom is -0.481 e.